The first-order valence-electron chi connectivity index (χ1n) is 7.24. The lowest BCUT2D eigenvalue weighted by molar-refractivity contribution is 0.227. The summed E-state index contributed by atoms with van der Waals surface area (Å²) in [5.74, 6) is 0.404. The Morgan fingerprint density at radius 3 is 2.53 bits per heavy atom. The number of aliphatic hydroxyl groups is 1. The molecule has 1 rings (SSSR count). The van der Waals surface area contributed by atoms with Gasteiger partial charge >= 0.3 is 0 Å². The number of nitrogens with zero attached hydrogens (tertiary/aromatic N) is 1. The van der Waals surface area contributed by atoms with Crippen LogP contribution >= 0.6 is 0 Å². The van der Waals surface area contributed by atoms with Crippen LogP contribution in [0.4, 0.5) is 0 Å². The zero-order valence-corrected chi connectivity index (χ0v) is 13.0. The number of hydrogen-bond acceptors (Lipinski definition) is 3. The van der Waals surface area contributed by atoms with E-state index in [0.717, 1.165) is 30.8 Å². The molecule has 19 heavy (non-hydrogen) atoms. The first-order chi connectivity index (χ1) is 8.95. The van der Waals surface area contributed by atoms with Crippen LogP contribution in [0.3, 0.4) is 0 Å². The molecule has 0 fully saturated rings. The second-order valence-electron chi connectivity index (χ2n) is 5.69. The van der Waals surface area contributed by atoms with Gasteiger partial charge in [-0.25, -0.2) is 0 Å². The molecule has 1 aromatic heterocycles. The zero-order chi connectivity index (χ0) is 14.4. The number of nitrogens with one attached hydrogen (secondary N) is 1. The molecule has 0 radical (unpaired) electrons. The lowest BCUT2D eigenvalue weighted by atomic mass is 10.00. The van der Waals surface area contributed by atoms with Gasteiger partial charge in [-0.3, -0.25) is 4.98 Å². The molecule has 2 unspecified atom stereocenters. The number of aliphatic hydroxyl groups excluding tert-OH is 1. The second kappa shape index (κ2) is 7.61. The van der Waals surface area contributed by atoms with E-state index in [4.69, 9.17) is 5.11 Å². The third-order valence-corrected chi connectivity index (χ3v) is 3.65. The molecule has 0 saturated carbocycles. The average molecular weight is 264 g/mol. The Hall–Kier alpha value is -0.930. The van der Waals surface area contributed by atoms with Crippen LogP contribution in [0.5, 0.6) is 0 Å². The lowest BCUT2D eigenvalue weighted by Gasteiger charge is -2.19. The van der Waals surface area contributed by atoms with E-state index >= 15 is 0 Å². The summed E-state index contributed by atoms with van der Waals surface area (Å²) in [4.78, 5) is 4.55. The Kier molecular flexibility index (Phi) is 6.46. The predicted molar refractivity (Wildman–Crippen MR) is 80.3 cm³/mol. The van der Waals surface area contributed by atoms with Crippen LogP contribution in [0, 0.1) is 26.7 Å². The van der Waals surface area contributed by atoms with Crippen molar-refractivity contribution in [2.75, 3.05) is 13.2 Å². The van der Waals surface area contributed by atoms with Crippen molar-refractivity contribution in [1.29, 1.82) is 0 Å². The number of aryl methyl sites for hydroxylation is 3. The predicted octanol–water partition coefficient (Wildman–Crippen LogP) is 3.07. The number of hydrogen-bond donors (Lipinski definition) is 2. The van der Waals surface area contributed by atoms with Crippen molar-refractivity contribution in [2.24, 2.45) is 5.92 Å². The lowest BCUT2D eigenvalue weighted by Crippen LogP contribution is -2.22. The van der Waals surface area contributed by atoms with E-state index in [-0.39, 0.29) is 6.61 Å². The molecular weight excluding hydrogens is 236 g/mol. The largest absolute Gasteiger partial charge is 0.396 e. The van der Waals surface area contributed by atoms with Gasteiger partial charge in [-0.05, 0) is 70.2 Å². The Morgan fingerprint density at radius 1 is 1.26 bits per heavy atom. The molecule has 1 aromatic rings. The highest BCUT2D eigenvalue weighted by atomic mass is 16.3. The van der Waals surface area contributed by atoms with Gasteiger partial charge in [0.05, 0.1) is 0 Å². The van der Waals surface area contributed by atoms with Crippen LogP contribution in [0.25, 0.3) is 0 Å². The maximum absolute atomic E-state index is 8.99. The van der Waals surface area contributed by atoms with E-state index < -0.39 is 0 Å². The summed E-state index contributed by atoms with van der Waals surface area (Å²) in [5.41, 5.74) is 4.85. The molecule has 3 heteroatoms. The molecular formula is C16H28N2O. The highest BCUT2D eigenvalue weighted by Crippen LogP contribution is 2.21. The van der Waals surface area contributed by atoms with Gasteiger partial charge in [0.25, 0.3) is 0 Å². The molecule has 2 atom stereocenters. The van der Waals surface area contributed by atoms with E-state index in [0.29, 0.717) is 12.0 Å². The summed E-state index contributed by atoms with van der Waals surface area (Å²) in [5, 5.41) is 12.5. The van der Waals surface area contributed by atoms with Crippen molar-refractivity contribution in [3.8, 4) is 0 Å². The van der Waals surface area contributed by atoms with Gasteiger partial charge in [-0.2, -0.15) is 0 Å². The molecule has 0 aliphatic heterocycles. The fourth-order valence-corrected chi connectivity index (χ4v) is 2.65. The minimum atomic E-state index is 0.287. The number of rotatable bonds is 7. The summed E-state index contributed by atoms with van der Waals surface area (Å²) in [7, 11) is 0. The summed E-state index contributed by atoms with van der Waals surface area (Å²) < 4.78 is 0. The summed E-state index contributed by atoms with van der Waals surface area (Å²) in [6, 6.07) is 2.48. The monoisotopic (exact) mass is 264 g/mol. The molecule has 1 heterocycles. The maximum atomic E-state index is 8.99. The fraction of sp³-hybridized carbons (Fsp3) is 0.688. The van der Waals surface area contributed by atoms with Gasteiger partial charge in [0.1, 0.15) is 0 Å². The highest BCUT2D eigenvalue weighted by Gasteiger charge is 2.12. The summed E-state index contributed by atoms with van der Waals surface area (Å²) >= 11 is 0. The van der Waals surface area contributed by atoms with E-state index in [2.05, 4.69) is 44.1 Å². The minimum Gasteiger partial charge on any atom is -0.396 e. The van der Waals surface area contributed by atoms with Crippen molar-refractivity contribution < 1.29 is 5.11 Å². The van der Waals surface area contributed by atoms with Crippen LogP contribution in [0.2, 0.25) is 0 Å². The molecule has 0 saturated heterocycles. The van der Waals surface area contributed by atoms with Gasteiger partial charge in [0.15, 0.2) is 0 Å². The van der Waals surface area contributed by atoms with E-state index in [9.17, 15) is 0 Å². The molecule has 0 bridgehead atoms. The van der Waals surface area contributed by atoms with E-state index in [1.807, 2.05) is 6.92 Å². The number of pyridine rings is 1. The Labute approximate surface area is 117 Å². The third kappa shape index (κ3) is 4.92. The molecule has 0 aliphatic rings. The van der Waals surface area contributed by atoms with Gasteiger partial charge in [-0.15, -0.1) is 0 Å². The quantitative estimate of drug-likeness (QED) is 0.744. The Balaban J connectivity index is 2.52. The topological polar surface area (TPSA) is 45.1 Å². The zero-order valence-electron chi connectivity index (χ0n) is 13.0. The van der Waals surface area contributed by atoms with Crippen LogP contribution in [0.1, 0.15) is 55.2 Å². The summed E-state index contributed by atoms with van der Waals surface area (Å²) in [6.07, 6.45) is 2.17. The van der Waals surface area contributed by atoms with E-state index in [1.165, 1.54) is 11.1 Å². The molecule has 2 N–H and O–H groups in total. The maximum Gasteiger partial charge on any atom is 0.0456 e. The molecule has 3 nitrogen and oxygen atoms in total. The van der Waals surface area contributed by atoms with E-state index in [1.54, 1.807) is 0 Å². The van der Waals surface area contributed by atoms with Gasteiger partial charge in [-0.1, -0.05) is 6.92 Å². The first kappa shape index (κ1) is 16.1. The molecule has 0 amide bonds. The van der Waals surface area contributed by atoms with Crippen molar-refractivity contribution >= 4 is 0 Å². The summed E-state index contributed by atoms with van der Waals surface area (Å²) in [6.45, 7) is 11.8. The third-order valence-electron chi connectivity index (χ3n) is 3.65. The standard InChI is InChI=1S/C16H28N2O/c1-11(10-19)7-6-8-17-14(4)16-12(2)9-13(3)18-15(16)5/h9,11,14,17,19H,6-8,10H2,1-5H3. The Morgan fingerprint density at radius 2 is 1.95 bits per heavy atom. The van der Waals surface area contributed by atoms with Gasteiger partial charge in [0, 0.05) is 24.0 Å². The van der Waals surface area contributed by atoms with Crippen LogP contribution in [-0.4, -0.2) is 23.2 Å². The van der Waals surface area contributed by atoms with Crippen molar-refractivity contribution in [3.05, 3.63) is 28.6 Å². The molecule has 0 aromatic carbocycles. The van der Waals surface area contributed by atoms with Crippen LogP contribution in [0.15, 0.2) is 6.07 Å². The van der Waals surface area contributed by atoms with Gasteiger partial charge in [0.2, 0.25) is 0 Å². The minimum absolute atomic E-state index is 0.287. The average Bonchev–Trinajstić information content (AvgIpc) is 2.33. The molecule has 108 valence electrons. The first-order valence-corrected chi connectivity index (χ1v) is 7.24. The fourth-order valence-electron chi connectivity index (χ4n) is 2.65. The van der Waals surface area contributed by atoms with Crippen LogP contribution in [-0.2, 0) is 0 Å². The normalized spacial score (nSPS) is 14.4. The molecule has 0 aliphatic carbocycles. The SMILES string of the molecule is Cc1cc(C)c(C(C)NCCCC(C)CO)c(C)n1. The van der Waals surface area contributed by atoms with Gasteiger partial charge < -0.3 is 10.4 Å². The highest BCUT2D eigenvalue weighted by molar-refractivity contribution is 5.33. The molecule has 0 spiro atoms. The number of aromatic nitrogens is 1. The second-order valence-corrected chi connectivity index (χ2v) is 5.69. The van der Waals surface area contributed by atoms with Crippen molar-refractivity contribution in [1.82, 2.24) is 10.3 Å². The van der Waals surface area contributed by atoms with Crippen LogP contribution < -0.4 is 5.32 Å². The van der Waals surface area contributed by atoms with Crippen molar-refractivity contribution in [2.45, 2.75) is 53.5 Å². The van der Waals surface area contributed by atoms with Crippen molar-refractivity contribution in [3.63, 3.8) is 0 Å². The Bertz CT molecular complexity index is 381. The smallest absolute Gasteiger partial charge is 0.0456 e.